The lowest BCUT2D eigenvalue weighted by molar-refractivity contribution is 0.0950. The summed E-state index contributed by atoms with van der Waals surface area (Å²) in [6.07, 6.45) is 1.88. The number of nitrogens with one attached hydrogen (secondary N) is 1. The summed E-state index contributed by atoms with van der Waals surface area (Å²) >= 11 is 6.35. The number of hydrogen-bond acceptors (Lipinski definition) is 8. The second-order valence-electron chi connectivity index (χ2n) is 8.59. The number of hydrogen-bond donors (Lipinski definition) is 3. The topological polar surface area (TPSA) is 133 Å². The zero-order valence-corrected chi connectivity index (χ0v) is 20.5. The summed E-state index contributed by atoms with van der Waals surface area (Å²) in [7, 11) is -3.40. The third-order valence-corrected chi connectivity index (χ3v) is 7.37. The van der Waals surface area contributed by atoms with Crippen LogP contribution in [0.25, 0.3) is 22.3 Å². The highest BCUT2D eigenvalue weighted by molar-refractivity contribution is 7.88. The third kappa shape index (κ3) is 4.73. The first-order chi connectivity index (χ1) is 16.0. The van der Waals surface area contributed by atoms with E-state index >= 15 is 0 Å². The van der Waals surface area contributed by atoms with E-state index in [0.717, 1.165) is 6.26 Å². The van der Waals surface area contributed by atoms with Crippen LogP contribution in [0.4, 0.5) is 10.3 Å². The van der Waals surface area contributed by atoms with E-state index in [-0.39, 0.29) is 47.9 Å². The highest BCUT2D eigenvalue weighted by atomic mass is 35.5. The largest absolute Gasteiger partial charge is 0.390 e. The van der Waals surface area contributed by atoms with Gasteiger partial charge in [-0.25, -0.2) is 27.8 Å². The van der Waals surface area contributed by atoms with Crippen molar-refractivity contribution in [3.05, 3.63) is 35.0 Å². The fraction of sp³-hybridized carbons (Fsp3) is 0.476. The number of piperidine rings is 1. The average molecular weight is 513 g/mol. The highest BCUT2D eigenvalue weighted by Crippen LogP contribution is 2.32. The Labute approximate surface area is 201 Å². The summed E-state index contributed by atoms with van der Waals surface area (Å²) in [5, 5.41) is 23.3. The smallest absolute Gasteiger partial charge is 0.223 e. The van der Waals surface area contributed by atoms with Crippen LogP contribution in [0.2, 0.25) is 5.02 Å². The molecule has 184 valence electrons. The number of aliphatic hydroxyl groups excluding tert-OH is 2. The molecule has 0 amide bonds. The minimum atomic E-state index is -3.40. The Bertz CT molecular complexity index is 1330. The van der Waals surface area contributed by atoms with Crippen LogP contribution in [0.1, 0.15) is 32.1 Å². The first kappa shape index (κ1) is 24.7. The van der Waals surface area contributed by atoms with E-state index in [1.807, 2.05) is 13.8 Å². The molecule has 1 fully saturated rings. The van der Waals surface area contributed by atoms with Crippen molar-refractivity contribution < 1.29 is 23.0 Å². The van der Waals surface area contributed by atoms with Crippen molar-refractivity contribution in [1.29, 1.82) is 0 Å². The second kappa shape index (κ2) is 9.34. The molecule has 0 radical (unpaired) electrons. The zero-order valence-electron chi connectivity index (χ0n) is 18.9. The summed E-state index contributed by atoms with van der Waals surface area (Å²) in [5.41, 5.74) is 1.33. The van der Waals surface area contributed by atoms with Crippen LogP contribution in [0.3, 0.4) is 0 Å². The minimum Gasteiger partial charge on any atom is -0.390 e. The van der Waals surface area contributed by atoms with Crippen molar-refractivity contribution in [3.8, 4) is 11.3 Å². The van der Waals surface area contributed by atoms with Gasteiger partial charge < -0.3 is 20.1 Å². The first-order valence-electron chi connectivity index (χ1n) is 10.7. The Morgan fingerprint density at radius 1 is 1.32 bits per heavy atom. The maximum atomic E-state index is 15.0. The average Bonchev–Trinajstić information content (AvgIpc) is 3.15. The van der Waals surface area contributed by atoms with Gasteiger partial charge in [0.15, 0.2) is 5.82 Å². The van der Waals surface area contributed by atoms with E-state index in [1.165, 1.54) is 16.6 Å². The number of anilines is 1. The molecule has 10 nitrogen and oxygen atoms in total. The van der Waals surface area contributed by atoms with Gasteiger partial charge in [0.05, 0.1) is 40.8 Å². The molecule has 3 heterocycles. The molecule has 2 atom stereocenters. The van der Waals surface area contributed by atoms with E-state index in [0.29, 0.717) is 23.3 Å². The van der Waals surface area contributed by atoms with Gasteiger partial charge in [-0.2, -0.15) is 4.31 Å². The van der Waals surface area contributed by atoms with Crippen molar-refractivity contribution in [3.63, 3.8) is 0 Å². The Morgan fingerprint density at radius 2 is 2.06 bits per heavy atom. The normalized spacial score (nSPS) is 19.8. The molecule has 0 bridgehead atoms. The van der Waals surface area contributed by atoms with Crippen molar-refractivity contribution in [2.24, 2.45) is 0 Å². The predicted octanol–water partition coefficient (Wildman–Crippen LogP) is 2.17. The van der Waals surface area contributed by atoms with Crippen molar-refractivity contribution in [2.75, 3.05) is 24.7 Å². The van der Waals surface area contributed by atoms with E-state index in [1.54, 1.807) is 10.6 Å². The summed E-state index contributed by atoms with van der Waals surface area (Å²) in [6, 6.07) is 2.44. The molecule has 0 aliphatic carbocycles. The number of aliphatic hydroxyl groups is 2. The number of rotatable bonds is 6. The molecule has 13 heteroatoms. The number of nitrogens with zero attached hydrogens (tertiary/aromatic N) is 5. The van der Waals surface area contributed by atoms with Gasteiger partial charge in [0.2, 0.25) is 16.0 Å². The Hall–Kier alpha value is -2.38. The van der Waals surface area contributed by atoms with Gasteiger partial charge in [-0.1, -0.05) is 11.6 Å². The van der Waals surface area contributed by atoms with E-state index < -0.39 is 28.0 Å². The quantitative estimate of drug-likeness (QED) is 0.457. The predicted molar refractivity (Wildman–Crippen MR) is 126 cm³/mol. The number of imidazole rings is 1. The molecule has 0 saturated carbocycles. The molecule has 1 aliphatic rings. The van der Waals surface area contributed by atoms with Crippen molar-refractivity contribution in [2.45, 2.75) is 45.1 Å². The Kier molecular flexibility index (Phi) is 6.80. The molecule has 3 aromatic rings. The lowest BCUT2D eigenvalue weighted by Crippen LogP contribution is -2.51. The fourth-order valence-corrected chi connectivity index (χ4v) is 5.26. The molecule has 2 unspecified atom stereocenters. The number of β-amino-alcohol motifs (C(OH)–C–C–N with tert-alkyl or cyclic N) is 1. The highest BCUT2D eigenvalue weighted by Gasteiger charge is 2.32. The van der Waals surface area contributed by atoms with Gasteiger partial charge in [-0.3, -0.25) is 0 Å². The van der Waals surface area contributed by atoms with Gasteiger partial charge in [-0.15, -0.1) is 0 Å². The Morgan fingerprint density at radius 3 is 2.68 bits per heavy atom. The maximum Gasteiger partial charge on any atom is 0.223 e. The molecule has 1 saturated heterocycles. The second-order valence-corrected chi connectivity index (χ2v) is 11.0. The molecular formula is C21H26ClFN6O4S. The van der Waals surface area contributed by atoms with E-state index in [2.05, 4.69) is 20.3 Å². The summed E-state index contributed by atoms with van der Waals surface area (Å²) in [6.45, 7) is 3.70. The zero-order chi connectivity index (χ0) is 24.8. The molecule has 1 aromatic carbocycles. The number of benzene rings is 1. The van der Waals surface area contributed by atoms with Crippen LogP contribution < -0.4 is 5.32 Å². The molecule has 1 aliphatic heterocycles. The van der Waals surface area contributed by atoms with Gasteiger partial charge in [0.1, 0.15) is 17.9 Å². The molecule has 2 aromatic heterocycles. The van der Waals surface area contributed by atoms with Crippen LogP contribution >= 0.6 is 11.6 Å². The van der Waals surface area contributed by atoms with E-state index in [4.69, 9.17) is 11.6 Å². The first-order valence-corrected chi connectivity index (χ1v) is 13.0. The number of sulfonamides is 1. The third-order valence-electron chi connectivity index (χ3n) is 5.83. The number of aromatic nitrogens is 4. The van der Waals surface area contributed by atoms with Crippen LogP contribution in [0.5, 0.6) is 0 Å². The summed E-state index contributed by atoms with van der Waals surface area (Å²) in [5.74, 6) is -0.0499. The van der Waals surface area contributed by atoms with Gasteiger partial charge in [0.25, 0.3) is 0 Å². The van der Waals surface area contributed by atoms with Crippen LogP contribution in [-0.4, -0.2) is 73.9 Å². The standard InChI is InChI=1S/C21H26ClFN6O4S/c1-11(2)29-16-7-12(6-14(23)20(16)26-18(29)10-30)19-13(22)8-24-21(27-19)25-15-4-5-28(9-17(15)31)34(3,32)33/h6-8,11,15,17,30-31H,4-5,9-10H2,1-3H3,(H,24,25,27). The van der Waals surface area contributed by atoms with Crippen LogP contribution in [-0.2, 0) is 16.6 Å². The molecule has 34 heavy (non-hydrogen) atoms. The Balaban J connectivity index is 1.67. The van der Waals surface area contributed by atoms with Crippen LogP contribution in [0.15, 0.2) is 18.3 Å². The van der Waals surface area contributed by atoms with Gasteiger partial charge >= 0.3 is 0 Å². The molecular weight excluding hydrogens is 487 g/mol. The number of fused-ring (bicyclic) bond motifs is 1. The van der Waals surface area contributed by atoms with Gasteiger partial charge in [-0.05, 0) is 32.4 Å². The molecule has 3 N–H and O–H groups in total. The monoisotopic (exact) mass is 512 g/mol. The lowest BCUT2D eigenvalue weighted by Gasteiger charge is -2.34. The van der Waals surface area contributed by atoms with Gasteiger partial charge in [0, 0.05) is 24.7 Å². The maximum absolute atomic E-state index is 15.0. The van der Waals surface area contributed by atoms with Crippen molar-refractivity contribution in [1.82, 2.24) is 23.8 Å². The van der Waals surface area contributed by atoms with E-state index in [9.17, 15) is 23.0 Å². The summed E-state index contributed by atoms with van der Waals surface area (Å²) < 4.78 is 41.4. The van der Waals surface area contributed by atoms with Crippen molar-refractivity contribution >= 4 is 38.6 Å². The lowest BCUT2D eigenvalue weighted by atomic mass is 10.0. The summed E-state index contributed by atoms with van der Waals surface area (Å²) in [4.78, 5) is 12.8. The SMILES string of the molecule is CC(C)n1c(CO)nc2c(F)cc(-c3nc(NC4CCN(S(C)(=O)=O)CC4O)ncc3Cl)cc21. The van der Waals surface area contributed by atoms with Crippen LogP contribution in [0, 0.1) is 5.82 Å². The molecule has 0 spiro atoms. The number of halogens is 2. The minimum absolute atomic E-state index is 0.0365. The fourth-order valence-electron chi connectivity index (χ4n) is 4.20. The molecule has 4 rings (SSSR count).